The molecule has 4 heteroatoms. The molecule has 0 fully saturated rings. The second-order valence-electron chi connectivity index (χ2n) is 5.31. The van der Waals surface area contributed by atoms with Gasteiger partial charge >= 0.3 is 0 Å². The van der Waals surface area contributed by atoms with Crippen LogP contribution in [0.4, 0.5) is 0 Å². The van der Waals surface area contributed by atoms with E-state index >= 15 is 0 Å². The van der Waals surface area contributed by atoms with Crippen molar-refractivity contribution in [2.24, 2.45) is 0 Å². The van der Waals surface area contributed by atoms with E-state index in [1.165, 1.54) is 5.57 Å². The highest BCUT2D eigenvalue weighted by atomic mass is 127. The molecule has 118 valence electrons. The second-order valence-corrected chi connectivity index (χ2v) is 5.31. The standard InChI is InChI=1S/C19H18N2O.HI/c1-3-14-6-9-16(21(2)13-14)10-7-15-8-11-18(22)19-17(15)5-4-12-20-19;/h4-13H,3H2,1-2H3;1H/b15-7-,16-10+;. The Hall–Kier alpha value is -1.95. The second kappa shape index (κ2) is 7.55. The molecule has 0 N–H and O–H groups in total. The van der Waals surface area contributed by atoms with Crippen LogP contribution >= 0.6 is 24.0 Å². The van der Waals surface area contributed by atoms with Crippen LogP contribution in [0, 0.1) is 0 Å². The van der Waals surface area contributed by atoms with Crippen LogP contribution in [0.1, 0.15) is 29.4 Å². The van der Waals surface area contributed by atoms with Gasteiger partial charge in [0, 0.05) is 30.7 Å². The van der Waals surface area contributed by atoms with Crippen LogP contribution in [0.5, 0.6) is 0 Å². The molecule has 0 saturated carbocycles. The summed E-state index contributed by atoms with van der Waals surface area (Å²) in [6, 6.07) is 3.79. The van der Waals surface area contributed by atoms with E-state index in [4.69, 9.17) is 0 Å². The molecule has 2 heterocycles. The van der Waals surface area contributed by atoms with Crippen LogP contribution in [0.3, 0.4) is 0 Å². The fourth-order valence-corrected chi connectivity index (χ4v) is 2.55. The van der Waals surface area contributed by atoms with Gasteiger partial charge in [0.05, 0.1) is 0 Å². The molecule has 3 rings (SSSR count). The number of allylic oxidation sites excluding steroid dienone is 8. The molecule has 2 aliphatic rings. The molecule has 0 aromatic carbocycles. The summed E-state index contributed by atoms with van der Waals surface area (Å²) in [5.41, 5.74) is 4.84. The quantitative estimate of drug-likeness (QED) is 0.663. The SMILES string of the molecule is CCC1=CN(C)/C(=C/C=C2/C=CC(=O)c3ncccc32)C=C1.I. The minimum Gasteiger partial charge on any atom is -0.351 e. The van der Waals surface area contributed by atoms with Crippen LogP contribution in [-0.4, -0.2) is 22.7 Å². The number of carbonyl (C=O) groups is 1. The van der Waals surface area contributed by atoms with E-state index in [0.717, 1.165) is 23.3 Å². The number of pyridine rings is 1. The predicted molar refractivity (Wildman–Crippen MR) is 104 cm³/mol. The Morgan fingerprint density at radius 2 is 2.00 bits per heavy atom. The molecule has 23 heavy (non-hydrogen) atoms. The minimum atomic E-state index is -0.0365. The Morgan fingerprint density at radius 1 is 1.17 bits per heavy atom. The van der Waals surface area contributed by atoms with Crippen molar-refractivity contribution in [3.63, 3.8) is 0 Å². The van der Waals surface area contributed by atoms with E-state index in [1.807, 2.05) is 31.3 Å². The van der Waals surface area contributed by atoms with Gasteiger partial charge in [0.25, 0.3) is 0 Å². The van der Waals surface area contributed by atoms with Crippen LogP contribution in [-0.2, 0) is 0 Å². The molecule has 0 atom stereocenters. The first-order valence-electron chi connectivity index (χ1n) is 7.40. The van der Waals surface area contributed by atoms with Crippen molar-refractivity contribution in [1.82, 2.24) is 9.88 Å². The lowest BCUT2D eigenvalue weighted by atomic mass is 9.95. The molecular formula is C19H19IN2O. The number of aromatic nitrogens is 1. The number of likely N-dealkylation sites (N-methyl/N-ethyl adjacent to an activating group) is 1. The first-order chi connectivity index (χ1) is 10.7. The number of nitrogens with zero attached hydrogens (tertiary/aromatic N) is 2. The number of ketones is 1. The van der Waals surface area contributed by atoms with Gasteiger partial charge in [-0.25, -0.2) is 0 Å². The highest BCUT2D eigenvalue weighted by molar-refractivity contribution is 14.0. The van der Waals surface area contributed by atoms with Crippen molar-refractivity contribution in [2.45, 2.75) is 13.3 Å². The third-order valence-electron chi connectivity index (χ3n) is 3.84. The van der Waals surface area contributed by atoms with Crippen molar-refractivity contribution in [3.05, 3.63) is 83.5 Å². The van der Waals surface area contributed by atoms with Crippen LogP contribution in [0.2, 0.25) is 0 Å². The Bertz CT molecular complexity index is 769. The first-order valence-corrected chi connectivity index (χ1v) is 7.40. The van der Waals surface area contributed by atoms with Gasteiger partial charge in [-0.05, 0) is 41.9 Å². The van der Waals surface area contributed by atoms with Crippen molar-refractivity contribution in [2.75, 3.05) is 7.05 Å². The van der Waals surface area contributed by atoms with Gasteiger partial charge in [-0.15, -0.1) is 24.0 Å². The first kappa shape index (κ1) is 17.4. The number of hydrogen-bond acceptors (Lipinski definition) is 3. The van der Waals surface area contributed by atoms with Gasteiger partial charge in [0.15, 0.2) is 0 Å². The van der Waals surface area contributed by atoms with Crippen molar-refractivity contribution in [1.29, 1.82) is 0 Å². The highest BCUT2D eigenvalue weighted by Gasteiger charge is 2.16. The summed E-state index contributed by atoms with van der Waals surface area (Å²) in [5, 5.41) is 0. The lowest BCUT2D eigenvalue weighted by molar-refractivity contribution is 0.104. The lowest BCUT2D eigenvalue weighted by Crippen LogP contribution is -2.12. The molecule has 0 radical (unpaired) electrons. The number of fused-ring (bicyclic) bond motifs is 1. The fourth-order valence-electron chi connectivity index (χ4n) is 2.55. The molecule has 0 unspecified atom stereocenters. The van der Waals surface area contributed by atoms with Gasteiger partial charge in [0.1, 0.15) is 5.69 Å². The third-order valence-corrected chi connectivity index (χ3v) is 3.84. The van der Waals surface area contributed by atoms with E-state index in [9.17, 15) is 4.79 Å². The van der Waals surface area contributed by atoms with E-state index in [0.29, 0.717) is 5.69 Å². The van der Waals surface area contributed by atoms with Gasteiger partial charge in [-0.3, -0.25) is 9.78 Å². The summed E-state index contributed by atoms with van der Waals surface area (Å²) in [5.74, 6) is -0.0365. The van der Waals surface area contributed by atoms with Crippen LogP contribution in [0.15, 0.2) is 72.3 Å². The monoisotopic (exact) mass is 418 g/mol. The van der Waals surface area contributed by atoms with Gasteiger partial charge in [-0.1, -0.05) is 31.2 Å². The fraction of sp³-hybridized carbons (Fsp3) is 0.158. The van der Waals surface area contributed by atoms with Crippen molar-refractivity contribution >= 4 is 35.3 Å². The molecule has 0 bridgehead atoms. The largest absolute Gasteiger partial charge is 0.351 e. The van der Waals surface area contributed by atoms with Gasteiger partial charge in [-0.2, -0.15) is 0 Å². The molecule has 1 aromatic rings. The average Bonchev–Trinajstić information content (AvgIpc) is 2.55. The molecule has 1 aliphatic carbocycles. The molecule has 0 amide bonds. The van der Waals surface area contributed by atoms with Crippen molar-refractivity contribution < 1.29 is 4.79 Å². The molecule has 0 spiro atoms. The van der Waals surface area contributed by atoms with E-state index in [-0.39, 0.29) is 29.8 Å². The average molecular weight is 418 g/mol. The smallest absolute Gasteiger partial charge is 0.204 e. The summed E-state index contributed by atoms with van der Waals surface area (Å²) >= 11 is 0. The Balaban J connectivity index is 0.00000192. The third kappa shape index (κ3) is 3.69. The highest BCUT2D eigenvalue weighted by Crippen LogP contribution is 2.25. The van der Waals surface area contributed by atoms with Gasteiger partial charge < -0.3 is 4.90 Å². The Labute approximate surface area is 153 Å². The maximum atomic E-state index is 11.8. The molecule has 0 saturated heterocycles. The Kier molecular flexibility index (Phi) is 5.71. The molecule has 1 aromatic heterocycles. The molecular weight excluding hydrogens is 399 g/mol. The van der Waals surface area contributed by atoms with E-state index in [1.54, 1.807) is 12.3 Å². The predicted octanol–water partition coefficient (Wildman–Crippen LogP) is 4.51. The topological polar surface area (TPSA) is 33.2 Å². The number of carbonyl (C=O) groups excluding carboxylic acids is 1. The Morgan fingerprint density at radius 3 is 2.74 bits per heavy atom. The minimum absolute atomic E-state index is 0. The lowest BCUT2D eigenvalue weighted by Gasteiger charge is -2.20. The van der Waals surface area contributed by atoms with Crippen LogP contribution < -0.4 is 0 Å². The van der Waals surface area contributed by atoms with Crippen molar-refractivity contribution in [3.8, 4) is 0 Å². The molecule has 1 aliphatic heterocycles. The number of hydrogen-bond donors (Lipinski definition) is 0. The number of rotatable bonds is 2. The summed E-state index contributed by atoms with van der Waals surface area (Å²) in [6.45, 7) is 2.15. The summed E-state index contributed by atoms with van der Waals surface area (Å²) in [4.78, 5) is 18.1. The summed E-state index contributed by atoms with van der Waals surface area (Å²) in [7, 11) is 2.04. The van der Waals surface area contributed by atoms with Crippen LogP contribution in [0.25, 0.3) is 5.57 Å². The number of halogens is 1. The van der Waals surface area contributed by atoms with Gasteiger partial charge in [0.2, 0.25) is 5.78 Å². The zero-order valence-corrected chi connectivity index (χ0v) is 15.5. The summed E-state index contributed by atoms with van der Waals surface area (Å²) < 4.78 is 0. The van der Waals surface area contributed by atoms with E-state index < -0.39 is 0 Å². The zero-order chi connectivity index (χ0) is 15.5. The zero-order valence-electron chi connectivity index (χ0n) is 13.2. The summed E-state index contributed by atoms with van der Waals surface area (Å²) in [6.07, 6.45) is 16.6. The molecule has 3 nitrogen and oxygen atoms in total. The maximum Gasteiger partial charge on any atom is 0.204 e. The van der Waals surface area contributed by atoms with E-state index in [2.05, 4.69) is 41.2 Å². The maximum absolute atomic E-state index is 11.8. The normalized spacial score (nSPS) is 19.7.